The highest BCUT2D eigenvalue weighted by atomic mass is 16.5. The number of morpholine rings is 1. The lowest BCUT2D eigenvalue weighted by Crippen LogP contribution is -2.44. The van der Waals surface area contributed by atoms with Crippen molar-refractivity contribution in [2.45, 2.75) is 32.8 Å². The maximum absolute atomic E-state index is 13.4. The number of aromatic nitrogens is 2. The van der Waals surface area contributed by atoms with Gasteiger partial charge in [0.05, 0.1) is 13.2 Å². The number of pyridine rings is 2. The van der Waals surface area contributed by atoms with Gasteiger partial charge in [-0.2, -0.15) is 0 Å². The van der Waals surface area contributed by atoms with Gasteiger partial charge in [-0.25, -0.2) is 0 Å². The largest absolute Gasteiger partial charge is 0.370 e. The number of nitrogens with zero attached hydrogens (tertiary/aromatic N) is 3. The van der Waals surface area contributed by atoms with E-state index in [2.05, 4.69) is 18.8 Å². The molecule has 3 heterocycles. The van der Waals surface area contributed by atoms with E-state index in [9.17, 15) is 9.59 Å². The molecule has 1 amide bonds. The Bertz CT molecular complexity index is 1140. The van der Waals surface area contributed by atoms with Gasteiger partial charge in [0.25, 0.3) is 11.5 Å². The number of carbonyl (C=O) groups is 1. The molecule has 1 atom stereocenters. The molecule has 1 unspecified atom stereocenters. The van der Waals surface area contributed by atoms with Crippen molar-refractivity contribution in [3.8, 4) is 5.69 Å². The summed E-state index contributed by atoms with van der Waals surface area (Å²) in [7, 11) is 0. The first-order valence-corrected chi connectivity index (χ1v) is 10.6. The highest BCUT2D eigenvalue weighted by molar-refractivity contribution is 5.95. The Labute approximate surface area is 182 Å². The van der Waals surface area contributed by atoms with E-state index in [1.165, 1.54) is 0 Å². The molecule has 1 fully saturated rings. The zero-order chi connectivity index (χ0) is 22.0. The third-order valence-corrected chi connectivity index (χ3v) is 5.74. The van der Waals surface area contributed by atoms with Crippen molar-refractivity contribution in [1.82, 2.24) is 14.5 Å². The average molecular weight is 418 g/mol. The van der Waals surface area contributed by atoms with E-state index < -0.39 is 0 Å². The molecule has 31 heavy (non-hydrogen) atoms. The smallest absolute Gasteiger partial charge is 0.268 e. The maximum Gasteiger partial charge on any atom is 0.268 e. The standard InChI is InChI=1S/C25H27N3O3/c1-17(2)19-6-4-8-21(14-19)28-11-9-18(3)23(25(28)30)24(29)27-12-13-31-22(16-27)20-7-5-10-26-15-20/h4-11,14-15,17,22H,12-13,16H2,1-3H3. The summed E-state index contributed by atoms with van der Waals surface area (Å²) in [4.78, 5) is 32.7. The van der Waals surface area contributed by atoms with Crippen LogP contribution in [0.1, 0.15) is 52.9 Å². The Kier molecular flexibility index (Phi) is 6.00. The fourth-order valence-electron chi connectivity index (χ4n) is 3.88. The maximum atomic E-state index is 13.4. The van der Waals surface area contributed by atoms with Crippen LogP contribution in [0.3, 0.4) is 0 Å². The molecule has 4 rings (SSSR count). The summed E-state index contributed by atoms with van der Waals surface area (Å²) >= 11 is 0. The number of aryl methyl sites for hydroxylation is 1. The summed E-state index contributed by atoms with van der Waals surface area (Å²) in [5.74, 6) is 0.0917. The molecule has 6 heteroatoms. The fourth-order valence-corrected chi connectivity index (χ4v) is 3.88. The van der Waals surface area contributed by atoms with E-state index in [0.29, 0.717) is 31.2 Å². The lowest BCUT2D eigenvalue weighted by molar-refractivity contribution is -0.0230. The first kappa shape index (κ1) is 21.0. The zero-order valence-corrected chi connectivity index (χ0v) is 18.1. The minimum absolute atomic E-state index is 0.212. The Morgan fingerprint density at radius 3 is 2.77 bits per heavy atom. The zero-order valence-electron chi connectivity index (χ0n) is 18.1. The number of rotatable bonds is 4. The number of benzene rings is 1. The second-order valence-corrected chi connectivity index (χ2v) is 8.20. The van der Waals surface area contributed by atoms with Crippen LogP contribution in [0.4, 0.5) is 0 Å². The van der Waals surface area contributed by atoms with Crippen LogP contribution in [-0.4, -0.2) is 40.1 Å². The molecule has 0 saturated carbocycles. The summed E-state index contributed by atoms with van der Waals surface area (Å²) in [5, 5.41) is 0. The fraction of sp³-hybridized carbons (Fsp3) is 0.320. The van der Waals surface area contributed by atoms with Crippen molar-refractivity contribution >= 4 is 5.91 Å². The van der Waals surface area contributed by atoms with Gasteiger partial charge in [0.2, 0.25) is 0 Å². The molecule has 0 aliphatic carbocycles. The molecule has 1 aromatic carbocycles. The number of amides is 1. The molecule has 1 aliphatic heterocycles. The molecular weight excluding hydrogens is 390 g/mol. The van der Waals surface area contributed by atoms with Crippen LogP contribution in [0.2, 0.25) is 0 Å². The minimum atomic E-state index is -0.296. The van der Waals surface area contributed by atoms with E-state index in [-0.39, 0.29) is 23.1 Å². The molecule has 3 aromatic rings. The summed E-state index contributed by atoms with van der Waals surface area (Å²) in [6, 6.07) is 13.5. The molecule has 1 saturated heterocycles. The van der Waals surface area contributed by atoms with Crippen LogP contribution in [0, 0.1) is 6.92 Å². The lowest BCUT2D eigenvalue weighted by Gasteiger charge is -2.33. The van der Waals surface area contributed by atoms with Gasteiger partial charge < -0.3 is 9.64 Å². The first-order valence-electron chi connectivity index (χ1n) is 10.6. The second-order valence-electron chi connectivity index (χ2n) is 8.20. The normalized spacial score (nSPS) is 16.5. The minimum Gasteiger partial charge on any atom is -0.370 e. The molecule has 2 aromatic heterocycles. The molecule has 0 radical (unpaired) electrons. The molecule has 160 valence electrons. The van der Waals surface area contributed by atoms with Gasteiger partial charge in [0.1, 0.15) is 11.7 Å². The average Bonchev–Trinajstić information content (AvgIpc) is 2.80. The van der Waals surface area contributed by atoms with Crippen LogP contribution in [-0.2, 0) is 4.74 Å². The van der Waals surface area contributed by atoms with Crippen LogP contribution in [0.15, 0.2) is 65.8 Å². The predicted molar refractivity (Wildman–Crippen MR) is 120 cm³/mol. The number of ether oxygens (including phenoxy) is 1. The Balaban J connectivity index is 1.66. The number of carbonyl (C=O) groups excluding carboxylic acids is 1. The third-order valence-electron chi connectivity index (χ3n) is 5.74. The molecule has 0 spiro atoms. The summed E-state index contributed by atoms with van der Waals surface area (Å²) in [5.41, 5.74) is 3.42. The topological polar surface area (TPSA) is 64.4 Å². The van der Waals surface area contributed by atoms with Gasteiger partial charge in [0, 0.05) is 36.4 Å². The Morgan fingerprint density at radius 1 is 1.19 bits per heavy atom. The van der Waals surface area contributed by atoms with Gasteiger partial charge in [-0.1, -0.05) is 32.0 Å². The van der Waals surface area contributed by atoms with Crippen molar-refractivity contribution < 1.29 is 9.53 Å². The van der Waals surface area contributed by atoms with E-state index in [1.807, 2.05) is 49.4 Å². The highest BCUT2D eigenvalue weighted by Gasteiger charge is 2.29. The molecule has 0 bridgehead atoms. The predicted octanol–water partition coefficient (Wildman–Crippen LogP) is 3.88. The van der Waals surface area contributed by atoms with Gasteiger partial charge in [0.15, 0.2) is 0 Å². The summed E-state index contributed by atoms with van der Waals surface area (Å²) < 4.78 is 7.41. The van der Waals surface area contributed by atoms with E-state index in [1.54, 1.807) is 28.1 Å². The van der Waals surface area contributed by atoms with Crippen molar-refractivity contribution in [2.24, 2.45) is 0 Å². The van der Waals surface area contributed by atoms with Crippen LogP contribution >= 0.6 is 0 Å². The third kappa shape index (κ3) is 4.30. The van der Waals surface area contributed by atoms with Crippen molar-refractivity contribution in [3.05, 3.63) is 93.7 Å². The van der Waals surface area contributed by atoms with E-state index in [0.717, 1.165) is 16.8 Å². The Morgan fingerprint density at radius 2 is 2.03 bits per heavy atom. The Hall–Kier alpha value is -3.25. The SMILES string of the molecule is Cc1ccn(-c2cccc(C(C)C)c2)c(=O)c1C(=O)N1CCOC(c2cccnc2)C1. The van der Waals surface area contributed by atoms with Crippen molar-refractivity contribution in [3.63, 3.8) is 0 Å². The van der Waals surface area contributed by atoms with Gasteiger partial charge in [-0.05, 0) is 48.2 Å². The van der Waals surface area contributed by atoms with Crippen LogP contribution in [0.25, 0.3) is 5.69 Å². The monoisotopic (exact) mass is 417 g/mol. The van der Waals surface area contributed by atoms with E-state index >= 15 is 0 Å². The number of hydrogen-bond acceptors (Lipinski definition) is 4. The van der Waals surface area contributed by atoms with Crippen molar-refractivity contribution in [2.75, 3.05) is 19.7 Å². The van der Waals surface area contributed by atoms with Crippen molar-refractivity contribution in [1.29, 1.82) is 0 Å². The molecule has 1 aliphatic rings. The molecular formula is C25H27N3O3. The van der Waals surface area contributed by atoms with Crippen LogP contribution in [0.5, 0.6) is 0 Å². The summed E-state index contributed by atoms with van der Waals surface area (Å²) in [6.07, 6.45) is 4.95. The second kappa shape index (κ2) is 8.86. The first-order chi connectivity index (χ1) is 15.0. The summed E-state index contributed by atoms with van der Waals surface area (Å²) in [6.45, 7) is 7.30. The molecule has 0 N–H and O–H groups in total. The number of hydrogen-bond donors (Lipinski definition) is 0. The highest BCUT2D eigenvalue weighted by Crippen LogP contribution is 2.23. The quantitative estimate of drug-likeness (QED) is 0.646. The van der Waals surface area contributed by atoms with Gasteiger partial charge in [-0.15, -0.1) is 0 Å². The van der Waals surface area contributed by atoms with Crippen LogP contribution < -0.4 is 5.56 Å². The van der Waals surface area contributed by atoms with Gasteiger partial charge >= 0.3 is 0 Å². The molecule has 6 nitrogen and oxygen atoms in total. The lowest BCUT2D eigenvalue weighted by atomic mass is 10.0. The van der Waals surface area contributed by atoms with E-state index in [4.69, 9.17) is 4.74 Å². The van der Waals surface area contributed by atoms with Gasteiger partial charge in [-0.3, -0.25) is 19.1 Å².